The van der Waals surface area contributed by atoms with E-state index in [1.807, 2.05) is 12.1 Å². The average molecular weight is 290 g/mol. The number of pyridine rings is 1. The highest BCUT2D eigenvalue weighted by atomic mass is 32.2. The largest absolute Gasteiger partial charge is 0.380 e. The van der Waals surface area contributed by atoms with E-state index in [-0.39, 0.29) is 11.3 Å². The van der Waals surface area contributed by atoms with Gasteiger partial charge in [-0.1, -0.05) is 18.2 Å². The number of nitrogens with one attached hydrogen (secondary N) is 1. The number of hydrogen-bond acceptors (Lipinski definition) is 4. The van der Waals surface area contributed by atoms with Crippen LogP contribution in [0.3, 0.4) is 0 Å². The zero-order valence-corrected chi connectivity index (χ0v) is 11.0. The summed E-state index contributed by atoms with van der Waals surface area (Å²) in [4.78, 5) is 14.6. The van der Waals surface area contributed by atoms with Gasteiger partial charge in [-0.15, -0.1) is 0 Å². The molecule has 0 aliphatic heterocycles. The van der Waals surface area contributed by atoms with Crippen LogP contribution < -0.4 is 14.9 Å². The molecule has 0 unspecified atom stereocenters. The first-order valence-corrected chi connectivity index (χ1v) is 7.18. The van der Waals surface area contributed by atoms with E-state index in [0.29, 0.717) is 10.9 Å². The van der Waals surface area contributed by atoms with Gasteiger partial charge in [-0.3, -0.25) is 4.79 Å². The fraction of sp³-hybridized carbons (Fsp3) is 0. The van der Waals surface area contributed by atoms with Crippen LogP contribution in [-0.4, -0.2) is 13.4 Å². The molecular weight excluding hydrogens is 280 g/mol. The predicted octanol–water partition coefficient (Wildman–Crippen LogP) is 1.26. The molecule has 3 aromatic rings. The van der Waals surface area contributed by atoms with Crippen molar-refractivity contribution in [2.45, 2.75) is 0 Å². The highest BCUT2D eigenvalue weighted by molar-refractivity contribution is 7.84. The van der Waals surface area contributed by atoms with Crippen LogP contribution in [0.15, 0.2) is 47.3 Å². The monoisotopic (exact) mass is 290 g/mol. The lowest BCUT2D eigenvalue weighted by Gasteiger charge is -2.06. The number of rotatable bonds is 2. The number of H-pyrrole nitrogens is 1. The van der Waals surface area contributed by atoms with Gasteiger partial charge in [0.15, 0.2) is 0 Å². The first-order chi connectivity index (χ1) is 9.44. The molecule has 102 valence electrons. The standard InChI is InChI=1S/C13H10N2O4S/c14-20(17,18)19-8-5-6-10-9-3-1-2-4-11(9)13(16)15-12(10)7-8/h1-7H,(H,15,16)(H2,14,17,18). The van der Waals surface area contributed by atoms with E-state index in [1.54, 1.807) is 18.2 Å². The number of aromatic nitrogens is 1. The summed E-state index contributed by atoms with van der Waals surface area (Å²) in [6.45, 7) is 0. The molecule has 6 nitrogen and oxygen atoms in total. The Morgan fingerprint density at radius 3 is 2.40 bits per heavy atom. The SMILES string of the molecule is NS(=O)(=O)Oc1ccc2c(c1)[nH]c(=O)c1ccccc12. The van der Waals surface area contributed by atoms with E-state index in [0.717, 1.165) is 10.8 Å². The second kappa shape index (κ2) is 4.32. The summed E-state index contributed by atoms with van der Waals surface area (Å²) < 4.78 is 26.4. The second-order valence-corrected chi connectivity index (χ2v) is 5.44. The number of benzene rings is 2. The molecule has 0 radical (unpaired) electrons. The summed E-state index contributed by atoms with van der Waals surface area (Å²) in [6, 6.07) is 11.7. The molecule has 0 aliphatic carbocycles. The Hall–Kier alpha value is -2.38. The van der Waals surface area contributed by atoms with Crippen LogP contribution in [0.1, 0.15) is 0 Å². The Bertz CT molecular complexity index is 976. The van der Waals surface area contributed by atoms with Crippen molar-refractivity contribution in [2.24, 2.45) is 5.14 Å². The smallest absolute Gasteiger partial charge is 0.371 e. The third-order valence-corrected chi connectivity index (χ3v) is 3.34. The van der Waals surface area contributed by atoms with Gasteiger partial charge < -0.3 is 9.17 Å². The van der Waals surface area contributed by atoms with Crippen molar-refractivity contribution >= 4 is 32.0 Å². The maximum absolute atomic E-state index is 11.9. The van der Waals surface area contributed by atoms with E-state index in [1.165, 1.54) is 12.1 Å². The molecule has 0 saturated heterocycles. The van der Waals surface area contributed by atoms with Gasteiger partial charge in [-0.25, -0.2) is 0 Å². The highest BCUT2D eigenvalue weighted by Gasteiger charge is 2.08. The lowest BCUT2D eigenvalue weighted by molar-refractivity contribution is 0.488. The lowest BCUT2D eigenvalue weighted by atomic mass is 10.1. The van der Waals surface area contributed by atoms with Crippen molar-refractivity contribution in [3.63, 3.8) is 0 Å². The third-order valence-electron chi connectivity index (χ3n) is 2.91. The molecule has 1 aromatic heterocycles. The van der Waals surface area contributed by atoms with Gasteiger partial charge >= 0.3 is 10.3 Å². The van der Waals surface area contributed by atoms with Gasteiger partial charge in [0.2, 0.25) is 0 Å². The van der Waals surface area contributed by atoms with E-state index in [2.05, 4.69) is 9.17 Å². The molecule has 7 heteroatoms. The van der Waals surface area contributed by atoms with Gasteiger partial charge in [-0.2, -0.15) is 13.6 Å². The molecule has 3 N–H and O–H groups in total. The van der Waals surface area contributed by atoms with Gasteiger partial charge in [-0.05, 0) is 23.6 Å². The topological polar surface area (TPSA) is 102 Å². The molecule has 0 aliphatic rings. The summed E-state index contributed by atoms with van der Waals surface area (Å²) in [5, 5.41) is 6.96. The van der Waals surface area contributed by atoms with Crippen molar-refractivity contribution in [1.29, 1.82) is 0 Å². The van der Waals surface area contributed by atoms with E-state index >= 15 is 0 Å². The normalized spacial score (nSPS) is 11.8. The van der Waals surface area contributed by atoms with Gasteiger partial charge in [0.05, 0.1) is 5.52 Å². The van der Waals surface area contributed by atoms with Crippen LogP contribution in [0.4, 0.5) is 0 Å². The predicted molar refractivity (Wildman–Crippen MR) is 75.8 cm³/mol. The Kier molecular flexibility index (Phi) is 2.73. The van der Waals surface area contributed by atoms with Crippen molar-refractivity contribution in [3.05, 3.63) is 52.8 Å². The second-order valence-electron chi connectivity index (χ2n) is 4.28. The third kappa shape index (κ3) is 2.24. The summed E-state index contributed by atoms with van der Waals surface area (Å²) >= 11 is 0. The van der Waals surface area contributed by atoms with E-state index in [4.69, 9.17) is 5.14 Å². The lowest BCUT2D eigenvalue weighted by Crippen LogP contribution is -2.19. The van der Waals surface area contributed by atoms with Crippen LogP contribution in [-0.2, 0) is 10.3 Å². The number of fused-ring (bicyclic) bond motifs is 3. The summed E-state index contributed by atoms with van der Waals surface area (Å²) in [7, 11) is -4.09. The average Bonchev–Trinajstić information content (AvgIpc) is 2.37. The molecule has 3 rings (SSSR count). The minimum atomic E-state index is -4.09. The molecule has 0 spiro atoms. The van der Waals surface area contributed by atoms with Crippen LogP contribution in [0.2, 0.25) is 0 Å². The number of hydrogen-bond donors (Lipinski definition) is 2. The van der Waals surface area contributed by atoms with Crippen molar-refractivity contribution in [1.82, 2.24) is 4.98 Å². The van der Waals surface area contributed by atoms with Crippen molar-refractivity contribution in [2.75, 3.05) is 0 Å². The Morgan fingerprint density at radius 1 is 1.00 bits per heavy atom. The Morgan fingerprint density at radius 2 is 1.70 bits per heavy atom. The van der Waals surface area contributed by atoms with Crippen LogP contribution >= 0.6 is 0 Å². The van der Waals surface area contributed by atoms with Crippen LogP contribution in [0.25, 0.3) is 21.7 Å². The Labute approximate surface area is 114 Å². The van der Waals surface area contributed by atoms with E-state index in [9.17, 15) is 13.2 Å². The van der Waals surface area contributed by atoms with E-state index < -0.39 is 10.3 Å². The molecule has 0 amide bonds. The molecule has 20 heavy (non-hydrogen) atoms. The molecule has 0 saturated carbocycles. The van der Waals surface area contributed by atoms with Crippen molar-refractivity contribution < 1.29 is 12.6 Å². The molecule has 0 bridgehead atoms. The van der Waals surface area contributed by atoms with Gasteiger partial charge in [0.1, 0.15) is 5.75 Å². The maximum atomic E-state index is 11.9. The van der Waals surface area contributed by atoms with Crippen molar-refractivity contribution in [3.8, 4) is 5.75 Å². The molecule has 0 fully saturated rings. The number of aromatic amines is 1. The van der Waals surface area contributed by atoms with Gasteiger partial charge in [0.25, 0.3) is 5.56 Å². The van der Waals surface area contributed by atoms with Gasteiger partial charge in [0, 0.05) is 16.8 Å². The zero-order chi connectivity index (χ0) is 14.3. The minimum absolute atomic E-state index is 0.0472. The summed E-state index contributed by atoms with van der Waals surface area (Å²) in [6.07, 6.45) is 0. The number of nitrogens with two attached hydrogens (primary N) is 1. The maximum Gasteiger partial charge on any atom is 0.380 e. The minimum Gasteiger partial charge on any atom is -0.371 e. The highest BCUT2D eigenvalue weighted by Crippen LogP contribution is 2.25. The zero-order valence-electron chi connectivity index (χ0n) is 10.2. The quantitative estimate of drug-likeness (QED) is 0.693. The first-order valence-electron chi connectivity index (χ1n) is 5.71. The summed E-state index contributed by atoms with van der Waals surface area (Å²) in [5.74, 6) is 0.0472. The molecule has 0 atom stereocenters. The first kappa shape index (κ1) is 12.6. The fourth-order valence-electron chi connectivity index (χ4n) is 2.15. The molecule has 2 aromatic carbocycles. The molecule has 1 heterocycles. The van der Waals surface area contributed by atoms with Crippen LogP contribution in [0.5, 0.6) is 5.75 Å². The summed E-state index contributed by atoms with van der Waals surface area (Å²) in [5.41, 5.74) is 0.232. The molecular formula is C13H10N2O4S. The van der Waals surface area contributed by atoms with Crippen LogP contribution in [0, 0.1) is 0 Å². The Balaban J connectivity index is 2.31. The fourth-order valence-corrected chi connectivity index (χ4v) is 2.53.